The lowest BCUT2D eigenvalue weighted by atomic mass is 10.0. The Bertz CT molecular complexity index is 1510. The average Bonchev–Trinajstić information content (AvgIpc) is 3.66. The summed E-state index contributed by atoms with van der Waals surface area (Å²) in [5.74, 6) is -0.671. The van der Waals surface area contributed by atoms with Gasteiger partial charge in [-0.3, -0.25) is 9.48 Å². The number of aryl methyl sites for hydroxylation is 1. The Morgan fingerprint density at radius 3 is 2.56 bits per heavy atom. The summed E-state index contributed by atoms with van der Waals surface area (Å²) in [6, 6.07) is 11.4. The topological polar surface area (TPSA) is 82.4 Å². The van der Waals surface area contributed by atoms with Crippen molar-refractivity contribution in [2.45, 2.75) is 38.2 Å². The van der Waals surface area contributed by atoms with E-state index >= 15 is 0 Å². The number of carbonyl (C=O) groups is 1. The largest absolute Gasteiger partial charge is 0.481 e. The van der Waals surface area contributed by atoms with Gasteiger partial charge in [0, 0.05) is 42.7 Å². The van der Waals surface area contributed by atoms with Crippen LogP contribution in [-0.2, 0) is 16.6 Å². The first-order valence-electron chi connectivity index (χ1n) is 12.8. The quantitative estimate of drug-likeness (QED) is 0.225. The maximum absolute atomic E-state index is 13.7. The molecule has 1 aliphatic rings. The van der Waals surface area contributed by atoms with E-state index in [-0.39, 0.29) is 36.6 Å². The van der Waals surface area contributed by atoms with E-state index in [1.807, 2.05) is 0 Å². The van der Waals surface area contributed by atoms with Gasteiger partial charge in [-0.05, 0) is 48.7 Å². The summed E-state index contributed by atoms with van der Waals surface area (Å²) in [6.45, 7) is -2.54. The first kappa shape index (κ1) is 28.4. The summed E-state index contributed by atoms with van der Waals surface area (Å²) in [5, 5.41) is 5.03. The highest BCUT2D eigenvalue weighted by Crippen LogP contribution is 2.48. The Morgan fingerprint density at radius 2 is 1.90 bits per heavy atom. The van der Waals surface area contributed by atoms with E-state index in [4.69, 9.17) is 4.74 Å². The highest BCUT2D eigenvalue weighted by molar-refractivity contribution is 6.08. The van der Waals surface area contributed by atoms with Crippen LogP contribution in [-0.4, -0.2) is 57.7 Å². The van der Waals surface area contributed by atoms with Crippen molar-refractivity contribution in [2.24, 2.45) is 13.0 Å². The number of ether oxygens (including phenoxy) is 2. The van der Waals surface area contributed by atoms with Crippen LogP contribution in [0, 0.1) is 5.92 Å². The summed E-state index contributed by atoms with van der Waals surface area (Å²) in [5.41, 5.74) is 3.19. The van der Waals surface area contributed by atoms with Crippen molar-refractivity contribution in [1.29, 1.82) is 0 Å². The molecular formula is C28H26F5N5O3. The molecule has 216 valence electrons. The van der Waals surface area contributed by atoms with Gasteiger partial charge in [0.25, 0.3) is 0 Å². The monoisotopic (exact) mass is 575 g/mol. The molecule has 1 aliphatic carbocycles. The smallest absolute Gasteiger partial charge is 0.425 e. The van der Waals surface area contributed by atoms with Gasteiger partial charge in [-0.25, -0.2) is 9.97 Å². The molecule has 0 unspecified atom stereocenters. The molecule has 0 N–H and O–H groups in total. The van der Waals surface area contributed by atoms with Gasteiger partial charge in [-0.2, -0.15) is 27.1 Å². The van der Waals surface area contributed by atoms with Crippen LogP contribution in [0.5, 0.6) is 5.75 Å². The minimum atomic E-state index is -4.49. The number of amides is 1. The summed E-state index contributed by atoms with van der Waals surface area (Å²) in [7, 11) is 1.70. The summed E-state index contributed by atoms with van der Waals surface area (Å²) in [6.07, 6.45) is -1.26. The average molecular weight is 576 g/mol. The Balaban J connectivity index is 1.46. The molecule has 1 fully saturated rings. The van der Waals surface area contributed by atoms with E-state index in [2.05, 4.69) is 19.8 Å². The Hall–Kier alpha value is -4.13. The summed E-state index contributed by atoms with van der Waals surface area (Å²) >= 11 is 0. The van der Waals surface area contributed by atoms with Crippen LogP contribution in [0.4, 0.5) is 27.6 Å². The second-order valence-corrected chi connectivity index (χ2v) is 9.69. The molecule has 4 aromatic rings. The minimum Gasteiger partial charge on any atom is -0.481 e. The summed E-state index contributed by atoms with van der Waals surface area (Å²) < 4.78 is 75.3. The Kier molecular flexibility index (Phi) is 7.89. The first-order valence-corrected chi connectivity index (χ1v) is 12.8. The van der Waals surface area contributed by atoms with E-state index in [1.165, 1.54) is 23.4 Å². The Labute approximate surface area is 231 Å². The molecule has 1 saturated carbocycles. The molecular weight excluding hydrogens is 549 g/mol. The van der Waals surface area contributed by atoms with E-state index in [0.29, 0.717) is 34.1 Å². The molecule has 41 heavy (non-hydrogen) atoms. The van der Waals surface area contributed by atoms with Crippen molar-refractivity contribution in [1.82, 2.24) is 19.7 Å². The lowest BCUT2D eigenvalue weighted by molar-refractivity contribution is -0.189. The van der Waals surface area contributed by atoms with Gasteiger partial charge in [-0.15, -0.1) is 0 Å². The van der Waals surface area contributed by atoms with Crippen molar-refractivity contribution in [3.8, 4) is 16.9 Å². The van der Waals surface area contributed by atoms with Crippen LogP contribution >= 0.6 is 0 Å². The molecule has 0 saturated heterocycles. The minimum absolute atomic E-state index is 0.0658. The molecule has 0 bridgehead atoms. The van der Waals surface area contributed by atoms with Gasteiger partial charge in [0.1, 0.15) is 12.1 Å². The van der Waals surface area contributed by atoms with Gasteiger partial charge in [0.15, 0.2) is 6.10 Å². The molecule has 0 spiro atoms. The molecule has 2 aromatic heterocycles. The maximum Gasteiger partial charge on any atom is 0.425 e. The van der Waals surface area contributed by atoms with Crippen LogP contribution in [0.25, 0.3) is 22.0 Å². The fourth-order valence-electron chi connectivity index (χ4n) is 4.82. The van der Waals surface area contributed by atoms with E-state index in [1.54, 1.807) is 54.5 Å². The molecule has 1 amide bonds. The number of anilines is 1. The standard InChI is InChI=1S/C28H26F5N5O3/c1-16(28(31,32)33)41-18-5-3-17(4-6-18)19-7-8-24(25-22(19)14-36-37(25)2)38(11-12-40-27(29)30)26(39)21-13-20(21)23-9-10-34-15-35-23/h3-10,14-16,20-21,27H,11-13H2,1-2H3/t16-,20+,21+/m0/s1. The van der Waals surface area contributed by atoms with Crippen molar-refractivity contribution in [3.05, 3.63) is 66.9 Å². The zero-order valence-corrected chi connectivity index (χ0v) is 22.1. The van der Waals surface area contributed by atoms with Gasteiger partial charge in [0.2, 0.25) is 5.91 Å². The second-order valence-electron chi connectivity index (χ2n) is 9.69. The van der Waals surface area contributed by atoms with Crippen LogP contribution in [0.2, 0.25) is 0 Å². The molecule has 2 heterocycles. The zero-order valence-electron chi connectivity index (χ0n) is 22.1. The highest BCUT2D eigenvalue weighted by Gasteiger charge is 2.47. The molecule has 13 heteroatoms. The number of alkyl halides is 5. The number of fused-ring (bicyclic) bond motifs is 1. The number of carbonyl (C=O) groups excluding carboxylic acids is 1. The highest BCUT2D eigenvalue weighted by atomic mass is 19.4. The molecule has 0 aliphatic heterocycles. The van der Waals surface area contributed by atoms with Gasteiger partial charge in [-0.1, -0.05) is 18.2 Å². The predicted molar refractivity (Wildman–Crippen MR) is 139 cm³/mol. The van der Waals surface area contributed by atoms with Gasteiger partial charge < -0.3 is 14.4 Å². The Morgan fingerprint density at radius 1 is 1.15 bits per heavy atom. The van der Waals surface area contributed by atoms with Crippen LogP contribution in [0.15, 0.2) is 61.2 Å². The SMILES string of the molecule is C[C@H](Oc1ccc(-c2ccc(N(CCOC(F)F)C(=O)[C@@H]3C[C@H]3c3ccncn3)c3c2cnn3C)cc1)C(F)(F)F. The number of hydrogen-bond donors (Lipinski definition) is 0. The number of rotatable bonds is 10. The predicted octanol–water partition coefficient (Wildman–Crippen LogP) is 5.74. The fraction of sp³-hybridized carbons (Fsp3) is 0.357. The maximum atomic E-state index is 13.7. The van der Waals surface area contributed by atoms with Gasteiger partial charge in [0.05, 0.1) is 24.0 Å². The number of nitrogens with zero attached hydrogens (tertiary/aromatic N) is 5. The van der Waals surface area contributed by atoms with Crippen LogP contribution in [0.3, 0.4) is 0 Å². The lowest BCUT2D eigenvalue weighted by Gasteiger charge is -2.25. The van der Waals surface area contributed by atoms with E-state index in [0.717, 1.165) is 12.6 Å². The number of aromatic nitrogens is 4. The molecule has 0 radical (unpaired) electrons. The van der Waals surface area contributed by atoms with E-state index in [9.17, 15) is 26.7 Å². The van der Waals surface area contributed by atoms with Gasteiger partial charge >= 0.3 is 12.8 Å². The first-order chi connectivity index (χ1) is 19.5. The van der Waals surface area contributed by atoms with Crippen molar-refractivity contribution < 1.29 is 36.2 Å². The third-order valence-electron chi connectivity index (χ3n) is 7.03. The third kappa shape index (κ3) is 6.14. The zero-order chi connectivity index (χ0) is 29.3. The molecule has 3 atom stereocenters. The van der Waals surface area contributed by atoms with Crippen molar-refractivity contribution >= 4 is 22.5 Å². The van der Waals surface area contributed by atoms with Crippen molar-refractivity contribution in [2.75, 3.05) is 18.1 Å². The summed E-state index contributed by atoms with van der Waals surface area (Å²) in [4.78, 5) is 23.3. The number of hydrogen-bond acceptors (Lipinski definition) is 6. The second kappa shape index (κ2) is 11.4. The molecule has 5 rings (SSSR count). The van der Waals surface area contributed by atoms with Crippen LogP contribution < -0.4 is 9.64 Å². The van der Waals surface area contributed by atoms with Crippen LogP contribution in [0.1, 0.15) is 25.0 Å². The lowest BCUT2D eigenvalue weighted by Crippen LogP contribution is -2.36. The number of halogens is 5. The van der Waals surface area contributed by atoms with Crippen molar-refractivity contribution in [3.63, 3.8) is 0 Å². The third-order valence-corrected chi connectivity index (χ3v) is 7.03. The normalized spacial score (nSPS) is 17.6. The number of benzene rings is 2. The molecule has 2 aromatic carbocycles. The molecule has 8 nitrogen and oxygen atoms in total. The fourth-order valence-corrected chi connectivity index (χ4v) is 4.82. The van der Waals surface area contributed by atoms with E-state index < -0.39 is 18.9 Å².